The van der Waals surface area contributed by atoms with Crippen LogP contribution in [0.15, 0.2) is 18.2 Å². The third kappa shape index (κ3) is 3.75. The highest BCUT2D eigenvalue weighted by Gasteiger charge is 2.56. The summed E-state index contributed by atoms with van der Waals surface area (Å²) in [5.41, 5.74) is -0.00329. The SMILES string of the molecule is CC1(C2CC2)NC(=O)N(CC(=O)NCCc2ccc(Cl)cc2Cl)C1=O. The Morgan fingerprint density at radius 3 is 2.72 bits per heavy atom. The van der Waals surface area contributed by atoms with Crippen molar-refractivity contribution in [2.75, 3.05) is 13.1 Å². The highest BCUT2D eigenvalue weighted by atomic mass is 35.5. The molecule has 1 saturated heterocycles. The van der Waals surface area contributed by atoms with E-state index in [0.717, 1.165) is 23.3 Å². The third-order valence-electron chi connectivity index (χ3n) is 4.73. The molecule has 1 aromatic carbocycles. The van der Waals surface area contributed by atoms with Crippen LogP contribution >= 0.6 is 23.2 Å². The molecule has 1 atom stereocenters. The van der Waals surface area contributed by atoms with Crippen molar-refractivity contribution in [3.63, 3.8) is 0 Å². The van der Waals surface area contributed by atoms with Gasteiger partial charge < -0.3 is 10.6 Å². The number of imide groups is 1. The van der Waals surface area contributed by atoms with Crippen LogP contribution in [0.4, 0.5) is 4.79 Å². The van der Waals surface area contributed by atoms with Crippen molar-refractivity contribution in [2.24, 2.45) is 5.92 Å². The van der Waals surface area contributed by atoms with E-state index in [1.54, 1.807) is 25.1 Å². The lowest BCUT2D eigenvalue weighted by molar-refractivity contribution is -0.135. The van der Waals surface area contributed by atoms with Crippen LogP contribution in [0.1, 0.15) is 25.3 Å². The summed E-state index contributed by atoms with van der Waals surface area (Å²) < 4.78 is 0. The van der Waals surface area contributed by atoms with Crippen molar-refractivity contribution in [1.82, 2.24) is 15.5 Å². The molecule has 134 valence electrons. The van der Waals surface area contributed by atoms with Gasteiger partial charge in [-0.3, -0.25) is 14.5 Å². The fraction of sp³-hybridized carbons (Fsp3) is 0.471. The maximum atomic E-state index is 12.5. The van der Waals surface area contributed by atoms with Crippen molar-refractivity contribution in [3.05, 3.63) is 33.8 Å². The largest absolute Gasteiger partial charge is 0.354 e. The van der Waals surface area contributed by atoms with E-state index in [1.165, 1.54) is 0 Å². The molecule has 2 aliphatic rings. The molecular formula is C17H19Cl2N3O3. The maximum absolute atomic E-state index is 12.5. The molecule has 8 heteroatoms. The van der Waals surface area contributed by atoms with Gasteiger partial charge in [-0.15, -0.1) is 0 Å². The minimum absolute atomic E-state index is 0.170. The van der Waals surface area contributed by atoms with Crippen LogP contribution in [0.5, 0.6) is 0 Å². The molecule has 1 aliphatic carbocycles. The standard InChI is InChI=1S/C17H19Cl2N3O3/c1-17(11-3-4-11)15(24)22(16(25)21-17)9-14(23)20-7-6-10-2-5-12(18)8-13(10)19/h2,5,8,11H,3-4,6-7,9H2,1H3,(H,20,23)(H,21,25). The Balaban J connectivity index is 1.51. The molecule has 2 fully saturated rings. The van der Waals surface area contributed by atoms with Crippen molar-refractivity contribution in [1.29, 1.82) is 0 Å². The molecule has 0 spiro atoms. The number of hydrogen-bond donors (Lipinski definition) is 2. The van der Waals surface area contributed by atoms with Crippen LogP contribution in [0.25, 0.3) is 0 Å². The number of amides is 4. The first kappa shape index (κ1) is 18.0. The molecule has 0 aromatic heterocycles. The van der Waals surface area contributed by atoms with Crippen molar-refractivity contribution in [2.45, 2.75) is 31.7 Å². The number of halogens is 2. The zero-order chi connectivity index (χ0) is 18.2. The molecule has 1 aliphatic heterocycles. The van der Waals surface area contributed by atoms with Crippen LogP contribution in [0.2, 0.25) is 10.0 Å². The Hall–Kier alpha value is -1.79. The number of nitrogens with one attached hydrogen (secondary N) is 2. The number of carbonyl (C=O) groups excluding carboxylic acids is 3. The molecule has 25 heavy (non-hydrogen) atoms. The van der Waals surface area contributed by atoms with Gasteiger partial charge in [0, 0.05) is 16.6 Å². The summed E-state index contributed by atoms with van der Waals surface area (Å²) >= 11 is 11.9. The number of nitrogens with zero attached hydrogens (tertiary/aromatic N) is 1. The molecular weight excluding hydrogens is 365 g/mol. The quantitative estimate of drug-likeness (QED) is 0.740. The van der Waals surface area contributed by atoms with Gasteiger partial charge in [-0.2, -0.15) is 0 Å². The first-order valence-corrected chi connectivity index (χ1v) is 8.91. The number of carbonyl (C=O) groups is 3. The van der Waals surface area contributed by atoms with Crippen LogP contribution < -0.4 is 10.6 Å². The fourth-order valence-electron chi connectivity index (χ4n) is 3.06. The molecule has 2 N–H and O–H groups in total. The molecule has 0 radical (unpaired) electrons. The first-order chi connectivity index (χ1) is 11.8. The summed E-state index contributed by atoms with van der Waals surface area (Å²) in [6, 6.07) is 4.67. The van der Waals surface area contributed by atoms with Gasteiger partial charge in [-0.05, 0) is 49.8 Å². The Bertz CT molecular complexity index is 736. The minimum Gasteiger partial charge on any atom is -0.354 e. The number of benzene rings is 1. The lowest BCUT2D eigenvalue weighted by Gasteiger charge is -2.20. The zero-order valence-electron chi connectivity index (χ0n) is 13.8. The minimum atomic E-state index is -0.867. The van der Waals surface area contributed by atoms with Gasteiger partial charge in [0.25, 0.3) is 5.91 Å². The van der Waals surface area contributed by atoms with E-state index in [4.69, 9.17) is 23.2 Å². The average molecular weight is 384 g/mol. The second kappa shape index (κ2) is 6.84. The predicted molar refractivity (Wildman–Crippen MR) is 94.5 cm³/mol. The summed E-state index contributed by atoms with van der Waals surface area (Å²) in [4.78, 5) is 37.5. The van der Waals surface area contributed by atoms with Crippen LogP contribution in [0, 0.1) is 5.92 Å². The van der Waals surface area contributed by atoms with Gasteiger partial charge in [0.05, 0.1) is 0 Å². The third-order valence-corrected chi connectivity index (χ3v) is 5.32. The van der Waals surface area contributed by atoms with Gasteiger partial charge in [-0.1, -0.05) is 29.3 Å². The van der Waals surface area contributed by atoms with Gasteiger partial charge in [0.1, 0.15) is 12.1 Å². The van der Waals surface area contributed by atoms with Gasteiger partial charge in [0.15, 0.2) is 0 Å². The molecule has 0 bridgehead atoms. The summed E-state index contributed by atoms with van der Waals surface area (Å²) in [6.45, 7) is 1.80. The number of rotatable bonds is 6. The second-order valence-electron chi connectivity index (χ2n) is 6.63. The molecule has 4 amide bonds. The van der Waals surface area contributed by atoms with Gasteiger partial charge in [0.2, 0.25) is 5.91 Å². The number of urea groups is 1. The molecule has 1 saturated carbocycles. The summed E-state index contributed by atoms with van der Waals surface area (Å²) in [6.07, 6.45) is 2.37. The highest BCUT2D eigenvalue weighted by Crippen LogP contribution is 2.42. The van der Waals surface area contributed by atoms with Crippen LogP contribution in [-0.4, -0.2) is 41.4 Å². The van der Waals surface area contributed by atoms with Crippen LogP contribution in [-0.2, 0) is 16.0 Å². The monoisotopic (exact) mass is 383 g/mol. The van der Waals surface area contributed by atoms with Gasteiger partial charge in [-0.25, -0.2) is 4.79 Å². The lowest BCUT2D eigenvalue weighted by atomic mass is 9.96. The average Bonchev–Trinajstić information content (AvgIpc) is 3.36. The molecule has 1 unspecified atom stereocenters. The zero-order valence-corrected chi connectivity index (χ0v) is 15.3. The van der Waals surface area contributed by atoms with E-state index in [1.807, 2.05) is 0 Å². The van der Waals surface area contributed by atoms with Crippen LogP contribution in [0.3, 0.4) is 0 Å². The number of hydrogen-bond acceptors (Lipinski definition) is 3. The molecule has 6 nitrogen and oxygen atoms in total. The van der Waals surface area contributed by atoms with E-state index in [2.05, 4.69) is 10.6 Å². The van der Waals surface area contributed by atoms with E-state index < -0.39 is 11.6 Å². The molecule has 3 rings (SSSR count). The smallest absolute Gasteiger partial charge is 0.325 e. The summed E-state index contributed by atoms with van der Waals surface area (Å²) in [5.74, 6) is -0.534. The van der Waals surface area contributed by atoms with E-state index in [9.17, 15) is 14.4 Å². The molecule has 1 heterocycles. The van der Waals surface area contributed by atoms with Crippen molar-refractivity contribution < 1.29 is 14.4 Å². The maximum Gasteiger partial charge on any atom is 0.325 e. The van der Waals surface area contributed by atoms with Crippen molar-refractivity contribution >= 4 is 41.0 Å². The highest BCUT2D eigenvalue weighted by molar-refractivity contribution is 6.35. The predicted octanol–water partition coefficient (Wildman–Crippen LogP) is 2.37. The summed E-state index contributed by atoms with van der Waals surface area (Å²) in [5, 5.41) is 6.52. The van der Waals surface area contributed by atoms with E-state index >= 15 is 0 Å². The summed E-state index contributed by atoms with van der Waals surface area (Å²) in [7, 11) is 0. The topological polar surface area (TPSA) is 78.5 Å². The Morgan fingerprint density at radius 2 is 2.08 bits per heavy atom. The normalized spacial score (nSPS) is 22.9. The fourth-order valence-corrected chi connectivity index (χ4v) is 3.56. The Kier molecular flexibility index (Phi) is 4.93. The first-order valence-electron chi connectivity index (χ1n) is 8.16. The molecule has 1 aromatic rings. The van der Waals surface area contributed by atoms with E-state index in [-0.39, 0.29) is 24.3 Å². The van der Waals surface area contributed by atoms with E-state index in [0.29, 0.717) is 23.0 Å². The second-order valence-corrected chi connectivity index (χ2v) is 7.48. The lowest BCUT2D eigenvalue weighted by Crippen LogP contribution is -2.47. The Labute approximate surface area is 155 Å². The van der Waals surface area contributed by atoms with Gasteiger partial charge >= 0.3 is 6.03 Å². The van der Waals surface area contributed by atoms with Crippen molar-refractivity contribution in [3.8, 4) is 0 Å². The Morgan fingerprint density at radius 1 is 1.36 bits per heavy atom.